The van der Waals surface area contributed by atoms with Crippen LogP contribution in [-0.4, -0.2) is 17.5 Å². The molecule has 0 fully saturated rings. The van der Waals surface area contributed by atoms with Gasteiger partial charge in [0, 0.05) is 10.1 Å². The first-order valence-electron chi connectivity index (χ1n) is 6.34. The molecule has 0 heterocycles. The highest BCUT2D eigenvalue weighted by atomic mass is 32.2. The zero-order valence-corrected chi connectivity index (χ0v) is 11.6. The maximum Gasteiger partial charge on any atom is 0.118 e. The molecule has 1 N–H and O–H groups in total. The molecule has 19 heavy (non-hydrogen) atoms. The van der Waals surface area contributed by atoms with Gasteiger partial charge in [-0.25, -0.2) is 0 Å². The maximum atomic E-state index is 10.4. The van der Waals surface area contributed by atoms with Crippen LogP contribution in [0.5, 0.6) is 5.75 Å². The molecular weight excluding hydrogens is 256 g/mol. The summed E-state index contributed by atoms with van der Waals surface area (Å²) in [5.74, 6) is 0.861. The lowest BCUT2D eigenvalue weighted by Gasteiger charge is -2.14. The maximum absolute atomic E-state index is 10.4. The van der Waals surface area contributed by atoms with Gasteiger partial charge in [-0.15, -0.1) is 11.8 Å². The van der Waals surface area contributed by atoms with E-state index in [9.17, 15) is 5.11 Å². The largest absolute Gasteiger partial charge is 0.497 e. The Kier molecular flexibility index (Phi) is 3.49. The van der Waals surface area contributed by atoms with Crippen LogP contribution in [0.3, 0.4) is 0 Å². The number of hydrogen-bond donors (Lipinski definition) is 1. The van der Waals surface area contributed by atoms with Gasteiger partial charge < -0.3 is 9.84 Å². The molecule has 0 aliphatic heterocycles. The summed E-state index contributed by atoms with van der Waals surface area (Å²) in [6.07, 6.45) is 0.553. The van der Waals surface area contributed by atoms with Crippen LogP contribution in [0.15, 0.2) is 53.4 Å². The van der Waals surface area contributed by atoms with Crippen molar-refractivity contribution < 1.29 is 9.84 Å². The van der Waals surface area contributed by atoms with Crippen molar-refractivity contribution in [1.82, 2.24) is 0 Å². The van der Waals surface area contributed by atoms with Crippen LogP contribution in [0.4, 0.5) is 0 Å². The van der Waals surface area contributed by atoms with E-state index in [1.807, 2.05) is 42.5 Å². The molecule has 2 aromatic carbocycles. The molecule has 0 saturated carbocycles. The molecular formula is C16H16O2S. The average molecular weight is 272 g/mol. The summed E-state index contributed by atoms with van der Waals surface area (Å²) >= 11 is 1.73. The molecule has 2 aromatic rings. The fourth-order valence-electron chi connectivity index (χ4n) is 2.47. The number of aliphatic hydroxyl groups is 1. The van der Waals surface area contributed by atoms with Crippen molar-refractivity contribution in [2.45, 2.75) is 22.7 Å². The van der Waals surface area contributed by atoms with Crippen molar-refractivity contribution in [3.8, 4) is 5.75 Å². The quantitative estimate of drug-likeness (QED) is 0.928. The van der Waals surface area contributed by atoms with Crippen molar-refractivity contribution in [1.29, 1.82) is 0 Å². The van der Waals surface area contributed by atoms with E-state index in [-0.39, 0.29) is 11.4 Å². The monoisotopic (exact) mass is 272 g/mol. The van der Waals surface area contributed by atoms with E-state index in [0.29, 0.717) is 0 Å². The van der Waals surface area contributed by atoms with E-state index >= 15 is 0 Å². The van der Waals surface area contributed by atoms with Crippen LogP contribution >= 0.6 is 11.8 Å². The summed E-state index contributed by atoms with van der Waals surface area (Å²) in [6, 6.07) is 16.1. The number of hydrogen-bond acceptors (Lipinski definition) is 3. The van der Waals surface area contributed by atoms with Gasteiger partial charge in [0.1, 0.15) is 5.75 Å². The Bertz CT molecular complexity index is 565. The summed E-state index contributed by atoms with van der Waals surface area (Å²) in [4.78, 5) is 1.16. The Morgan fingerprint density at radius 3 is 2.53 bits per heavy atom. The number of ether oxygens (including phenoxy) is 1. The number of aliphatic hydroxyl groups excluding tert-OH is 1. The topological polar surface area (TPSA) is 29.5 Å². The Labute approximate surface area is 117 Å². The molecule has 98 valence electrons. The summed E-state index contributed by atoms with van der Waals surface area (Å²) < 4.78 is 5.15. The molecule has 0 saturated heterocycles. The van der Waals surface area contributed by atoms with Crippen LogP contribution in [0.25, 0.3) is 0 Å². The van der Waals surface area contributed by atoms with Gasteiger partial charge >= 0.3 is 0 Å². The third-order valence-electron chi connectivity index (χ3n) is 3.49. The zero-order chi connectivity index (χ0) is 13.2. The molecule has 2 nitrogen and oxygen atoms in total. The third kappa shape index (κ3) is 2.48. The Balaban J connectivity index is 1.75. The van der Waals surface area contributed by atoms with E-state index in [1.165, 1.54) is 5.56 Å². The van der Waals surface area contributed by atoms with E-state index < -0.39 is 0 Å². The van der Waals surface area contributed by atoms with Gasteiger partial charge in [-0.1, -0.05) is 24.3 Å². The first kappa shape index (κ1) is 12.6. The van der Waals surface area contributed by atoms with E-state index in [1.54, 1.807) is 18.9 Å². The molecule has 2 atom stereocenters. The summed E-state index contributed by atoms with van der Waals surface area (Å²) in [7, 11) is 1.67. The first-order valence-corrected chi connectivity index (χ1v) is 7.22. The molecule has 0 unspecified atom stereocenters. The lowest BCUT2D eigenvalue weighted by atomic mass is 10.1. The van der Waals surface area contributed by atoms with Gasteiger partial charge in [0.25, 0.3) is 0 Å². The van der Waals surface area contributed by atoms with Gasteiger partial charge in [-0.3, -0.25) is 0 Å². The minimum absolute atomic E-state index is 0.200. The van der Waals surface area contributed by atoms with Crippen LogP contribution in [0.1, 0.15) is 17.2 Å². The van der Waals surface area contributed by atoms with Crippen LogP contribution < -0.4 is 4.74 Å². The highest BCUT2D eigenvalue weighted by molar-refractivity contribution is 8.00. The van der Waals surface area contributed by atoms with Gasteiger partial charge in [0.15, 0.2) is 0 Å². The standard InChI is InChI=1S/C16H16O2S/c1-18-12-6-8-13(9-7-12)19-15-10-11-4-2-3-5-14(11)16(15)17/h2-9,15-17H,10H2,1H3/t15-,16-/m1/s1. The lowest BCUT2D eigenvalue weighted by molar-refractivity contribution is 0.185. The van der Waals surface area contributed by atoms with Crippen molar-refractivity contribution in [2.75, 3.05) is 7.11 Å². The molecule has 1 aliphatic rings. The highest BCUT2D eigenvalue weighted by Gasteiger charge is 2.31. The van der Waals surface area contributed by atoms with E-state index in [2.05, 4.69) is 6.07 Å². The summed E-state index contributed by atoms with van der Waals surface area (Å²) in [5.41, 5.74) is 2.34. The smallest absolute Gasteiger partial charge is 0.118 e. The van der Waals surface area contributed by atoms with Crippen molar-refractivity contribution in [3.05, 3.63) is 59.7 Å². The van der Waals surface area contributed by atoms with Crippen LogP contribution in [0, 0.1) is 0 Å². The molecule has 0 radical (unpaired) electrons. The first-order chi connectivity index (χ1) is 9.28. The fourth-order valence-corrected chi connectivity index (χ4v) is 3.65. The van der Waals surface area contributed by atoms with Crippen LogP contribution in [-0.2, 0) is 6.42 Å². The normalized spacial score (nSPS) is 21.2. The molecule has 3 rings (SSSR count). The van der Waals surface area contributed by atoms with Crippen molar-refractivity contribution in [3.63, 3.8) is 0 Å². The Hall–Kier alpha value is -1.45. The number of benzene rings is 2. The third-order valence-corrected chi connectivity index (χ3v) is 4.77. The van der Waals surface area contributed by atoms with E-state index in [4.69, 9.17) is 4.74 Å². The predicted octanol–water partition coefficient (Wildman–Crippen LogP) is 3.45. The summed E-state index contributed by atoms with van der Waals surface area (Å²) in [5, 5.41) is 10.6. The second-order valence-electron chi connectivity index (χ2n) is 4.68. The van der Waals surface area contributed by atoms with Gasteiger partial charge in [0.05, 0.1) is 13.2 Å². The molecule has 0 aromatic heterocycles. The van der Waals surface area contributed by atoms with E-state index in [0.717, 1.165) is 22.6 Å². The molecule has 0 amide bonds. The van der Waals surface area contributed by atoms with Gasteiger partial charge in [0.2, 0.25) is 0 Å². The molecule has 0 spiro atoms. The zero-order valence-electron chi connectivity index (χ0n) is 10.7. The minimum atomic E-state index is -0.372. The second-order valence-corrected chi connectivity index (χ2v) is 5.99. The Morgan fingerprint density at radius 2 is 1.84 bits per heavy atom. The molecule has 1 aliphatic carbocycles. The average Bonchev–Trinajstić information content (AvgIpc) is 2.77. The molecule has 0 bridgehead atoms. The van der Waals surface area contributed by atoms with Gasteiger partial charge in [-0.05, 0) is 41.8 Å². The predicted molar refractivity (Wildman–Crippen MR) is 77.7 cm³/mol. The number of methoxy groups -OCH3 is 1. The number of fused-ring (bicyclic) bond motifs is 1. The lowest BCUT2D eigenvalue weighted by Crippen LogP contribution is -2.08. The fraction of sp³-hybridized carbons (Fsp3) is 0.250. The molecule has 3 heteroatoms. The van der Waals surface area contributed by atoms with Crippen molar-refractivity contribution in [2.24, 2.45) is 0 Å². The highest BCUT2D eigenvalue weighted by Crippen LogP contribution is 2.41. The summed E-state index contributed by atoms with van der Waals surface area (Å²) in [6.45, 7) is 0. The number of thioether (sulfide) groups is 1. The second kappa shape index (κ2) is 5.27. The Morgan fingerprint density at radius 1 is 1.11 bits per heavy atom. The van der Waals surface area contributed by atoms with Crippen LogP contribution in [0.2, 0.25) is 0 Å². The van der Waals surface area contributed by atoms with Crippen molar-refractivity contribution >= 4 is 11.8 Å². The number of rotatable bonds is 3. The SMILES string of the molecule is COc1ccc(S[C@@H]2Cc3ccccc3[C@H]2O)cc1. The van der Waals surface area contributed by atoms with Gasteiger partial charge in [-0.2, -0.15) is 0 Å². The minimum Gasteiger partial charge on any atom is -0.497 e.